The molecule has 0 spiro atoms. The topological polar surface area (TPSA) is 128 Å². The summed E-state index contributed by atoms with van der Waals surface area (Å²) in [7, 11) is 0. The molecule has 174 valence electrons. The van der Waals surface area contributed by atoms with E-state index in [1.54, 1.807) is 37.3 Å². The van der Waals surface area contributed by atoms with Crippen LogP contribution in [0.5, 0.6) is 0 Å². The molecule has 3 aromatic carbocycles. The predicted molar refractivity (Wildman–Crippen MR) is 128 cm³/mol. The smallest absolute Gasteiger partial charge is 0.326 e. The Morgan fingerprint density at radius 3 is 2.37 bits per heavy atom. The number of anilines is 1. The first kappa shape index (κ1) is 23.7. The van der Waals surface area contributed by atoms with E-state index in [1.807, 2.05) is 6.07 Å². The van der Waals surface area contributed by atoms with Gasteiger partial charge < -0.3 is 10.4 Å². The van der Waals surface area contributed by atoms with Crippen LogP contribution in [0.3, 0.4) is 0 Å². The van der Waals surface area contributed by atoms with Gasteiger partial charge in [0, 0.05) is 6.42 Å². The summed E-state index contributed by atoms with van der Waals surface area (Å²) in [5.41, 5.74) is 2.34. The summed E-state index contributed by atoms with van der Waals surface area (Å²) in [5.74, 6) is -2.87. The molecule has 0 radical (unpaired) electrons. The van der Waals surface area contributed by atoms with Crippen molar-refractivity contribution in [2.45, 2.75) is 19.4 Å². The SMILES string of the molecule is Cc1cccc(Cl)c1C(=O)N[C@@H](Cc1ccc(N2C(=O)c3ccc(C#N)cc3C2=O)cc1)C(=O)O. The number of aryl methyl sites for hydroxylation is 1. The fourth-order valence-corrected chi connectivity index (χ4v) is 4.22. The molecular weight excluding hydrogens is 470 g/mol. The molecule has 0 saturated carbocycles. The van der Waals surface area contributed by atoms with Gasteiger partial charge >= 0.3 is 5.97 Å². The Morgan fingerprint density at radius 2 is 1.74 bits per heavy atom. The molecule has 0 aliphatic carbocycles. The summed E-state index contributed by atoms with van der Waals surface area (Å²) in [4.78, 5) is 51.1. The minimum absolute atomic E-state index is 0.0293. The Hall–Kier alpha value is -4.48. The Kier molecular flexibility index (Phi) is 6.36. The number of rotatable bonds is 6. The summed E-state index contributed by atoms with van der Waals surface area (Å²) < 4.78 is 0. The molecule has 1 aliphatic heterocycles. The highest BCUT2D eigenvalue weighted by Crippen LogP contribution is 2.29. The van der Waals surface area contributed by atoms with Gasteiger partial charge in [-0.2, -0.15) is 5.26 Å². The summed E-state index contributed by atoms with van der Waals surface area (Å²) in [6.45, 7) is 1.70. The number of carbonyl (C=O) groups excluding carboxylic acids is 3. The molecule has 0 aromatic heterocycles. The first-order chi connectivity index (χ1) is 16.7. The largest absolute Gasteiger partial charge is 0.480 e. The molecule has 0 unspecified atom stereocenters. The molecule has 3 aromatic rings. The Labute approximate surface area is 205 Å². The second-order valence-electron chi connectivity index (χ2n) is 7.98. The van der Waals surface area contributed by atoms with E-state index in [0.717, 1.165) is 4.90 Å². The molecule has 0 bridgehead atoms. The number of aliphatic carboxylic acids is 1. The van der Waals surface area contributed by atoms with Crippen molar-refractivity contribution < 1.29 is 24.3 Å². The average molecular weight is 488 g/mol. The molecule has 0 fully saturated rings. The number of fused-ring (bicyclic) bond motifs is 1. The molecular formula is C26H18ClN3O5. The first-order valence-electron chi connectivity index (χ1n) is 10.5. The van der Waals surface area contributed by atoms with E-state index in [4.69, 9.17) is 16.9 Å². The number of imide groups is 1. The van der Waals surface area contributed by atoms with Gasteiger partial charge in [0.05, 0.1) is 39.0 Å². The normalized spacial score (nSPS) is 13.2. The van der Waals surface area contributed by atoms with Gasteiger partial charge in [-0.1, -0.05) is 35.9 Å². The van der Waals surface area contributed by atoms with Gasteiger partial charge in [-0.05, 0) is 54.4 Å². The molecule has 35 heavy (non-hydrogen) atoms. The second kappa shape index (κ2) is 9.41. The Balaban J connectivity index is 1.52. The Bertz CT molecular complexity index is 1410. The number of amides is 3. The van der Waals surface area contributed by atoms with E-state index in [2.05, 4.69) is 5.32 Å². The quantitative estimate of drug-likeness (QED) is 0.510. The van der Waals surface area contributed by atoms with E-state index in [0.29, 0.717) is 16.8 Å². The standard InChI is InChI=1S/C26H18ClN3O5/c1-14-3-2-4-20(27)22(14)23(31)29-21(26(34)35)12-15-5-8-17(9-6-15)30-24(32)18-10-7-16(13-28)11-19(18)25(30)33/h2-11,21H,12H2,1H3,(H,29,31)(H,34,35)/t21-/m0/s1. The third-order valence-electron chi connectivity index (χ3n) is 5.70. The zero-order valence-electron chi connectivity index (χ0n) is 18.4. The second-order valence-corrected chi connectivity index (χ2v) is 8.39. The van der Waals surface area contributed by atoms with Crippen LogP contribution in [0, 0.1) is 18.3 Å². The maximum Gasteiger partial charge on any atom is 0.326 e. The van der Waals surface area contributed by atoms with Gasteiger partial charge in [-0.25, -0.2) is 9.69 Å². The van der Waals surface area contributed by atoms with Gasteiger partial charge in [0.25, 0.3) is 17.7 Å². The van der Waals surface area contributed by atoms with Crippen molar-refractivity contribution in [2.75, 3.05) is 4.90 Å². The van der Waals surface area contributed by atoms with Crippen molar-refractivity contribution in [3.63, 3.8) is 0 Å². The number of nitrogens with zero attached hydrogens (tertiary/aromatic N) is 2. The van der Waals surface area contributed by atoms with Crippen LogP contribution in [0.4, 0.5) is 5.69 Å². The molecule has 1 aliphatic rings. The monoisotopic (exact) mass is 487 g/mol. The summed E-state index contributed by atoms with van der Waals surface area (Å²) in [5, 5.41) is 21.4. The van der Waals surface area contributed by atoms with Gasteiger partial charge in [0.1, 0.15) is 6.04 Å². The van der Waals surface area contributed by atoms with Crippen molar-refractivity contribution in [2.24, 2.45) is 0 Å². The lowest BCUT2D eigenvalue weighted by molar-refractivity contribution is -0.139. The fraction of sp³-hybridized carbons (Fsp3) is 0.115. The lowest BCUT2D eigenvalue weighted by Crippen LogP contribution is -2.42. The molecule has 8 nitrogen and oxygen atoms in total. The zero-order valence-corrected chi connectivity index (χ0v) is 19.2. The highest BCUT2D eigenvalue weighted by Gasteiger charge is 2.36. The van der Waals surface area contributed by atoms with Crippen molar-refractivity contribution >= 4 is 41.0 Å². The number of halogens is 1. The average Bonchev–Trinajstić information content (AvgIpc) is 3.08. The maximum absolute atomic E-state index is 12.8. The van der Waals surface area contributed by atoms with E-state index in [-0.39, 0.29) is 33.7 Å². The third-order valence-corrected chi connectivity index (χ3v) is 6.02. The molecule has 4 rings (SSSR count). The molecule has 1 heterocycles. The lowest BCUT2D eigenvalue weighted by atomic mass is 10.0. The van der Waals surface area contributed by atoms with E-state index < -0.39 is 29.7 Å². The minimum Gasteiger partial charge on any atom is -0.480 e. The van der Waals surface area contributed by atoms with Crippen LogP contribution in [-0.2, 0) is 11.2 Å². The number of hydrogen-bond acceptors (Lipinski definition) is 5. The zero-order chi connectivity index (χ0) is 25.3. The minimum atomic E-state index is -1.23. The molecule has 9 heteroatoms. The molecule has 2 N–H and O–H groups in total. The van der Waals surface area contributed by atoms with E-state index >= 15 is 0 Å². The van der Waals surface area contributed by atoms with Crippen LogP contribution >= 0.6 is 11.6 Å². The van der Waals surface area contributed by atoms with Crippen molar-refractivity contribution in [3.8, 4) is 6.07 Å². The number of benzene rings is 3. The fourth-order valence-electron chi connectivity index (χ4n) is 3.91. The predicted octanol–water partition coefficient (Wildman–Crippen LogP) is 3.75. The molecule has 0 saturated heterocycles. The highest BCUT2D eigenvalue weighted by molar-refractivity contribution is 6.35. The summed E-state index contributed by atoms with van der Waals surface area (Å²) >= 11 is 6.12. The number of carbonyl (C=O) groups is 4. The van der Waals surface area contributed by atoms with Crippen LogP contribution in [0.1, 0.15) is 47.8 Å². The van der Waals surface area contributed by atoms with Crippen molar-refractivity contribution in [3.05, 3.63) is 99.1 Å². The van der Waals surface area contributed by atoms with Crippen LogP contribution in [-0.4, -0.2) is 34.8 Å². The number of nitriles is 1. The lowest BCUT2D eigenvalue weighted by Gasteiger charge is -2.17. The van der Waals surface area contributed by atoms with E-state index in [1.165, 1.54) is 30.3 Å². The van der Waals surface area contributed by atoms with Crippen molar-refractivity contribution in [1.82, 2.24) is 5.32 Å². The number of hydrogen-bond donors (Lipinski definition) is 2. The third kappa shape index (κ3) is 4.50. The number of carboxylic acid groups (broad SMARTS) is 1. The molecule has 3 amide bonds. The van der Waals surface area contributed by atoms with Crippen LogP contribution in [0.2, 0.25) is 5.02 Å². The summed E-state index contributed by atoms with van der Waals surface area (Å²) in [6, 6.07) is 16.2. The van der Waals surface area contributed by atoms with Gasteiger partial charge in [0.2, 0.25) is 0 Å². The van der Waals surface area contributed by atoms with E-state index in [9.17, 15) is 24.3 Å². The van der Waals surface area contributed by atoms with Gasteiger partial charge in [-0.3, -0.25) is 14.4 Å². The number of nitrogens with one attached hydrogen (secondary N) is 1. The van der Waals surface area contributed by atoms with Crippen LogP contribution < -0.4 is 10.2 Å². The number of carboxylic acids is 1. The summed E-state index contributed by atoms with van der Waals surface area (Å²) in [6.07, 6.45) is -0.0293. The Morgan fingerprint density at radius 1 is 1.06 bits per heavy atom. The van der Waals surface area contributed by atoms with Gasteiger partial charge in [-0.15, -0.1) is 0 Å². The van der Waals surface area contributed by atoms with Gasteiger partial charge in [0.15, 0.2) is 0 Å². The highest BCUT2D eigenvalue weighted by atomic mass is 35.5. The maximum atomic E-state index is 12.8. The first-order valence-corrected chi connectivity index (χ1v) is 10.9. The van der Waals surface area contributed by atoms with Crippen LogP contribution in [0.15, 0.2) is 60.7 Å². The van der Waals surface area contributed by atoms with Crippen LogP contribution in [0.25, 0.3) is 0 Å². The van der Waals surface area contributed by atoms with Crippen molar-refractivity contribution in [1.29, 1.82) is 5.26 Å². The molecule has 1 atom stereocenters.